The number of amides is 1. The van der Waals surface area contributed by atoms with E-state index in [0.717, 1.165) is 12.2 Å². The number of aromatic nitrogens is 1. The molecular weight excluding hydrogens is 297 g/mol. The van der Waals surface area contributed by atoms with Crippen molar-refractivity contribution in [3.05, 3.63) is 22.2 Å². The Labute approximate surface area is 116 Å². The van der Waals surface area contributed by atoms with Gasteiger partial charge in [-0.05, 0) is 6.08 Å². The molecule has 110 valence electrons. The zero-order chi connectivity index (χ0) is 15.3. The van der Waals surface area contributed by atoms with Crippen LogP contribution in [0, 0.1) is 0 Å². The average Bonchev–Trinajstić information content (AvgIpc) is 2.84. The van der Waals surface area contributed by atoms with Gasteiger partial charge in [-0.15, -0.1) is 11.3 Å². The second-order valence-corrected chi connectivity index (χ2v) is 4.42. The Balaban J connectivity index is 2.66. The van der Waals surface area contributed by atoms with Gasteiger partial charge in [0, 0.05) is 24.9 Å². The molecule has 0 N–H and O–H groups in total. The standard InChI is InChI=1S/C11H11F3N2O3S/c1-3-9(18)19-16(2)8(17)5-4-7-6-20-10(15-7)11(12,13)14/h4-6H,3H2,1-2H3. The minimum atomic E-state index is -4.51. The number of hydrogen-bond donors (Lipinski definition) is 0. The first kappa shape index (κ1) is 16.2. The molecule has 1 aromatic heterocycles. The fraction of sp³-hybridized carbons (Fsp3) is 0.364. The Hall–Kier alpha value is -1.90. The van der Waals surface area contributed by atoms with Gasteiger partial charge in [-0.1, -0.05) is 6.92 Å². The maximum atomic E-state index is 12.3. The molecule has 0 spiro atoms. The Kier molecular flexibility index (Phi) is 5.26. The van der Waals surface area contributed by atoms with Gasteiger partial charge in [0.15, 0.2) is 5.01 Å². The van der Waals surface area contributed by atoms with Crippen LogP contribution >= 0.6 is 11.3 Å². The van der Waals surface area contributed by atoms with Crippen LogP contribution in [0.1, 0.15) is 24.0 Å². The minimum Gasteiger partial charge on any atom is -0.338 e. The first-order valence-corrected chi connectivity index (χ1v) is 6.31. The molecule has 0 saturated carbocycles. The van der Waals surface area contributed by atoms with Crippen molar-refractivity contribution in [2.45, 2.75) is 19.5 Å². The molecule has 0 atom stereocenters. The quantitative estimate of drug-likeness (QED) is 0.636. The van der Waals surface area contributed by atoms with Crippen molar-refractivity contribution < 1.29 is 27.6 Å². The number of carbonyl (C=O) groups excluding carboxylic acids is 2. The molecule has 0 unspecified atom stereocenters. The number of hydroxylamine groups is 2. The number of thiazole rings is 1. The van der Waals surface area contributed by atoms with E-state index in [4.69, 9.17) is 0 Å². The number of likely N-dealkylation sites (N-methyl/N-ethyl adjacent to an activating group) is 1. The lowest BCUT2D eigenvalue weighted by Crippen LogP contribution is -2.27. The Morgan fingerprint density at radius 2 is 2.15 bits per heavy atom. The SMILES string of the molecule is CCC(=O)ON(C)C(=O)C=Cc1csc(C(F)(F)F)n1. The van der Waals surface area contributed by atoms with E-state index in [1.54, 1.807) is 6.92 Å². The molecule has 1 rings (SSSR count). The summed E-state index contributed by atoms with van der Waals surface area (Å²) in [6.45, 7) is 1.56. The number of halogens is 3. The van der Waals surface area contributed by atoms with Crippen molar-refractivity contribution in [1.29, 1.82) is 0 Å². The highest BCUT2D eigenvalue weighted by molar-refractivity contribution is 7.09. The molecule has 0 aliphatic heterocycles. The molecule has 9 heteroatoms. The normalized spacial score (nSPS) is 11.7. The smallest absolute Gasteiger partial charge is 0.338 e. The minimum absolute atomic E-state index is 0.00546. The fourth-order valence-electron chi connectivity index (χ4n) is 1.02. The topological polar surface area (TPSA) is 59.5 Å². The predicted octanol–water partition coefficient (Wildman–Crippen LogP) is 2.50. The monoisotopic (exact) mass is 308 g/mol. The summed E-state index contributed by atoms with van der Waals surface area (Å²) in [5.41, 5.74) is 0.00546. The Bertz CT molecular complexity index is 525. The van der Waals surface area contributed by atoms with E-state index in [-0.39, 0.29) is 12.1 Å². The number of nitrogens with zero attached hydrogens (tertiary/aromatic N) is 2. The van der Waals surface area contributed by atoms with Crippen LogP contribution in [0.2, 0.25) is 0 Å². The van der Waals surface area contributed by atoms with E-state index < -0.39 is 23.1 Å². The molecule has 5 nitrogen and oxygen atoms in total. The zero-order valence-electron chi connectivity index (χ0n) is 10.6. The van der Waals surface area contributed by atoms with Crippen molar-refractivity contribution >= 4 is 29.3 Å². The van der Waals surface area contributed by atoms with Crippen LogP contribution in [0.3, 0.4) is 0 Å². The fourth-order valence-corrected chi connectivity index (χ4v) is 1.67. The van der Waals surface area contributed by atoms with Crippen LogP contribution in [0.15, 0.2) is 11.5 Å². The summed E-state index contributed by atoms with van der Waals surface area (Å²) in [5, 5.41) is 0.875. The van der Waals surface area contributed by atoms with Crippen molar-refractivity contribution in [3.63, 3.8) is 0 Å². The molecule has 0 aromatic carbocycles. The van der Waals surface area contributed by atoms with Crippen molar-refractivity contribution in [3.8, 4) is 0 Å². The van der Waals surface area contributed by atoms with Crippen LogP contribution < -0.4 is 0 Å². The van der Waals surface area contributed by atoms with Gasteiger partial charge in [-0.25, -0.2) is 9.78 Å². The number of hydrogen-bond acceptors (Lipinski definition) is 5. The summed E-state index contributed by atoms with van der Waals surface area (Å²) in [6, 6.07) is 0. The third-order valence-corrected chi connectivity index (χ3v) is 2.90. The van der Waals surface area contributed by atoms with Crippen LogP contribution in [-0.4, -0.2) is 29.0 Å². The molecule has 0 saturated heterocycles. The summed E-state index contributed by atoms with van der Waals surface area (Å²) in [4.78, 5) is 30.3. The van der Waals surface area contributed by atoms with E-state index in [9.17, 15) is 22.8 Å². The number of rotatable bonds is 3. The third kappa shape index (κ3) is 4.65. The van der Waals surface area contributed by atoms with E-state index >= 15 is 0 Å². The maximum absolute atomic E-state index is 12.3. The van der Waals surface area contributed by atoms with Crippen molar-refractivity contribution in [1.82, 2.24) is 10.0 Å². The van der Waals surface area contributed by atoms with Gasteiger partial charge < -0.3 is 4.84 Å². The van der Waals surface area contributed by atoms with Gasteiger partial charge >= 0.3 is 12.1 Å². The molecule has 0 radical (unpaired) electrons. The maximum Gasteiger partial charge on any atom is 0.443 e. The lowest BCUT2D eigenvalue weighted by molar-refractivity contribution is -0.189. The van der Waals surface area contributed by atoms with Gasteiger partial charge in [0.1, 0.15) is 0 Å². The first-order chi connectivity index (χ1) is 9.24. The highest BCUT2D eigenvalue weighted by Crippen LogP contribution is 2.31. The van der Waals surface area contributed by atoms with Crippen molar-refractivity contribution in [2.24, 2.45) is 0 Å². The van der Waals surface area contributed by atoms with Crippen LogP contribution in [0.5, 0.6) is 0 Å². The van der Waals surface area contributed by atoms with E-state index in [2.05, 4.69) is 9.82 Å². The lowest BCUT2D eigenvalue weighted by atomic mass is 10.4. The summed E-state index contributed by atoms with van der Waals surface area (Å²) in [7, 11) is 1.22. The van der Waals surface area contributed by atoms with E-state index in [1.807, 2.05) is 0 Å². The van der Waals surface area contributed by atoms with Gasteiger partial charge in [0.2, 0.25) is 0 Å². The predicted molar refractivity (Wildman–Crippen MR) is 65.3 cm³/mol. The third-order valence-electron chi connectivity index (χ3n) is 2.00. The molecule has 0 aliphatic carbocycles. The largest absolute Gasteiger partial charge is 0.443 e. The molecular formula is C11H11F3N2O3S. The molecule has 1 heterocycles. The van der Waals surface area contributed by atoms with Crippen LogP contribution in [0.4, 0.5) is 13.2 Å². The first-order valence-electron chi connectivity index (χ1n) is 5.43. The van der Waals surface area contributed by atoms with E-state index in [1.165, 1.54) is 12.4 Å². The van der Waals surface area contributed by atoms with Crippen LogP contribution in [0.25, 0.3) is 6.08 Å². The molecule has 20 heavy (non-hydrogen) atoms. The van der Waals surface area contributed by atoms with Gasteiger partial charge in [0.05, 0.1) is 5.69 Å². The molecule has 0 fully saturated rings. The summed E-state index contributed by atoms with van der Waals surface area (Å²) in [5.74, 6) is -1.28. The molecule has 1 amide bonds. The highest BCUT2D eigenvalue weighted by atomic mass is 32.1. The summed E-state index contributed by atoms with van der Waals surface area (Å²) >= 11 is 0.433. The summed E-state index contributed by atoms with van der Waals surface area (Å²) < 4.78 is 36.9. The van der Waals surface area contributed by atoms with Crippen molar-refractivity contribution in [2.75, 3.05) is 7.05 Å². The van der Waals surface area contributed by atoms with E-state index in [0.29, 0.717) is 16.4 Å². The Morgan fingerprint density at radius 3 is 2.65 bits per heavy atom. The average molecular weight is 308 g/mol. The van der Waals surface area contributed by atoms with Gasteiger partial charge in [0.25, 0.3) is 5.91 Å². The number of carbonyl (C=O) groups is 2. The van der Waals surface area contributed by atoms with Crippen LogP contribution in [-0.2, 0) is 20.6 Å². The van der Waals surface area contributed by atoms with Gasteiger partial charge in [-0.2, -0.15) is 18.2 Å². The highest BCUT2D eigenvalue weighted by Gasteiger charge is 2.34. The lowest BCUT2D eigenvalue weighted by Gasteiger charge is -2.13. The summed E-state index contributed by atoms with van der Waals surface area (Å²) in [6.07, 6.45) is -2.32. The molecule has 1 aromatic rings. The second-order valence-electron chi connectivity index (χ2n) is 3.56. The molecule has 0 aliphatic rings. The second kappa shape index (κ2) is 6.51. The van der Waals surface area contributed by atoms with Gasteiger partial charge in [-0.3, -0.25) is 4.79 Å². The zero-order valence-corrected chi connectivity index (χ0v) is 11.4. The molecule has 0 bridgehead atoms. The number of alkyl halides is 3. The Morgan fingerprint density at radius 1 is 1.50 bits per heavy atom.